The number of hydrogen-bond donors (Lipinski definition) is 1. The lowest BCUT2D eigenvalue weighted by Gasteiger charge is -2.06. The molecule has 0 fully saturated rings. The smallest absolute Gasteiger partial charge is 0.0471 e. The molecular formula is C11H11ClN2. The molecule has 0 aliphatic rings. The molecule has 0 radical (unpaired) electrons. The van der Waals surface area contributed by atoms with Crippen molar-refractivity contribution < 1.29 is 0 Å². The fraction of sp³-hybridized carbons (Fsp3) is 0.0909. The highest BCUT2D eigenvalue weighted by atomic mass is 35.5. The van der Waals surface area contributed by atoms with Crippen LogP contribution in [0.4, 0.5) is 0 Å². The Hall–Kier alpha value is -1.25. The van der Waals surface area contributed by atoms with Crippen molar-refractivity contribution in [3.63, 3.8) is 0 Å². The monoisotopic (exact) mass is 206 g/mol. The largest absolute Gasteiger partial charge is 0.326 e. The fourth-order valence-corrected chi connectivity index (χ4v) is 1.62. The van der Waals surface area contributed by atoms with E-state index in [4.69, 9.17) is 17.3 Å². The first kappa shape index (κ1) is 9.31. The number of nitrogens with zero attached hydrogens (tertiary/aromatic N) is 1. The Morgan fingerprint density at radius 3 is 2.50 bits per heavy atom. The van der Waals surface area contributed by atoms with Gasteiger partial charge in [-0.15, -0.1) is 0 Å². The van der Waals surface area contributed by atoms with Crippen LogP contribution in [0.5, 0.6) is 0 Å². The van der Waals surface area contributed by atoms with E-state index in [9.17, 15) is 0 Å². The van der Waals surface area contributed by atoms with Crippen LogP contribution in [0.25, 0.3) is 5.69 Å². The molecule has 0 saturated heterocycles. The van der Waals surface area contributed by atoms with Gasteiger partial charge >= 0.3 is 0 Å². The standard InChI is InChI=1S/C11H11ClN2/c12-11-7-10(4-3-9(11)8-13)14-5-1-2-6-14/h1-7H,8,13H2. The summed E-state index contributed by atoms with van der Waals surface area (Å²) < 4.78 is 2.01. The van der Waals surface area contributed by atoms with Crippen LogP contribution >= 0.6 is 11.6 Å². The molecule has 0 spiro atoms. The molecule has 0 unspecified atom stereocenters. The van der Waals surface area contributed by atoms with Crippen LogP contribution in [-0.4, -0.2) is 4.57 Å². The Kier molecular flexibility index (Phi) is 2.57. The lowest BCUT2D eigenvalue weighted by atomic mass is 10.2. The minimum atomic E-state index is 0.477. The van der Waals surface area contributed by atoms with E-state index in [2.05, 4.69) is 0 Å². The molecular weight excluding hydrogens is 196 g/mol. The summed E-state index contributed by atoms with van der Waals surface area (Å²) in [5, 5.41) is 0.721. The molecule has 0 bridgehead atoms. The van der Waals surface area contributed by atoms with Gasteiger partial charge in [-0.25, -0.2) is 0 Å². The molecule has 0 amide bonds. The highest BCUT2D eigenvalue weighted by molar-refractivity contribution is 6.31. The molecule has 1 aromatic heterocycles. The molecule has 2 N–H and O–H groups in total. The zero-order valence-corrected chi connectivity index (χ0v) is 8.41. The SMILES string of the molecule is NCc1ccc(-n2cccc2)cc1Cl. The van der Waals surface area contributed by atoms with Crippen LogP contribution < -0.4 is 5.73 Å². The van der Waals surface area contributed by atoms with Crippen molar-refractivity contribution in [2.24, 2.45) is 5.73 Å². The van der Waals surface area contributed by atoms with Crippen molar-refractivity contribution >= 4 is 11.6 Å². The first-order chi connectivity index (χ1) is 6.81. The number of nitrogens with two attached hydrogens (primary N) is 1. The average Bonchev–Trinajstić information content (AvgIpc) is 2.70. The van der Waals surface area contributed by atoms with Gasteiger partial charge in [0.25, 0.3) is 0 Å². The quantitative estimate of drug-likeness (QED) is 0.805. The van der Waals surface area contributed by atoms with Gasteiger partial charge in [0.2, 0.25) is 0 Å². The van der Waals surface area contributed by atoms with Crippen molar-refractivity contribution in [2.75, 3.05) is 0 Å². The minimum Gasteiger partial charge on any atom is -0.326 e. The van der Waals surface area contributed by atoms with Crippen LogP contribution in [0.2, 0.25) is 5.02 Å². The maximum absolute atomic E-state index is 6.05. The van der Waals surface area contributed by atoms with Crippen molar-refractivity contribution in [2.45, 2.75) is 6.54 Å². The third-order valence-electron chi connectivity index (χ3n) is 2.16. The van der Waals surface area contributed by atoms with Crippen LogP contribution in [-0.2, 0) is 6.54 Å². The molecule has 1 aromatic carbocycles. The predicted molar refractivity (Wildman–Crippen MR) is 58.7 cm³/mol. The first-order valence-corrected chi connectivity index (χ1v) is 4.81. The van der Waals surface area contributed by atoms with E-state index in [-0.39, 0.29) is 0 Å². The minimum absolute atomic E-state index is 0.477. The Labute approximate surface area is 87.9 Å². The van der Waals surface area contributed by atoms with E-state index >= 15 is 0 Å². The van der Waals surface area contributed by atoms with E-state index in [1.54, 1.807) is 0 Å². The summed E-state index contributed by atoms with van der Waals surface area (Å²) in [6.07, 6.45) is 3.96. The van der Waals surface area contributed by atoms with Crippen LogP contribution in [0, 0.1) is 0 Å². The number of rotatable bonds is 2. The van der Waals surface area contributed by atoms with Gasteiger partial charge in [-0.05, 0) is 29.8 Å². The van der Waals surface area contributed by atoms with Gasteiger partial charge in [-0.3, -0.25) is 0 Å². The van der Waals surface area contributed by atoms with E-state index in [1.807, 2.05) is 47.3 Å². The third kappa shape index (κ3) is 1.67. The summed E-state index contributed by atoms with van der Waals surface area (Å²) in [7, 11) is 0. The summed E-state index contributed by atoms with van der Waals surface area (Å²) in [5.41, 5.74) is 7.56. The second-order valence-corrected chi connectivity index (χ2v) is 3.48. The molecule has 2 aromatic rings. The third-order valence-corrected chi connectivity index (χ3v) is 2.51. The maximum Gasteiger partial charge on any atom is 0.0471 e. The topological polar surface area (TPSA) is 30.9 Å². The summed E-state index contributed by atoms with van der Waals surface area (Å²) in [6.45, 7) is 0.477. The molecule has 0 aliphatic heterocycles. The van der Waals surface area contributed by atoms with Crippen LogP contribution in [0.3, 0.4) is 0 Å². The zero-order valence-electron chi connectivity index (χ0n) is 7.65. The normalized spacial score (nSPS) is 10.4. The number of benzene rings is 1. The van der Waals surface area contributed by atoms with Gasteiger partial charge in [-0.1, -0.05) is 17.7 Å². The van der Waals surface area contributed by atoms with Gasteiger partial charge in [0, 0.05) is 29.6 Å². The predicted octanol–water partition coefficient (Wildman–Crippen LogP) is 2.59. The average molecular weight is 207 g/mol. The second-order valence-electron chi connectivity index (χ2n) is 3.07. The van der Waals surface area contributed by atoms with Gasteiger partial charge in [-0.2, -0.15) is 0 Å². The Bertz CT molecular complexity index is 421. The van der Waals surface area contributed by atoms with E-state index in [1.165, 1.54) is 0 Å². The van der Waals surface area contributed by atoms with Gasteiger partial charge in [0.1, 0.15) is 0 Å². The Balaban J connectivity index is 2.43. The van der Waals surface area contributed by atoms with Crippen molar-refractivity contribution in [1.82, 2.24) is 4.57 Å². The second kappa shape index (κ2) is 3.86. The van der Waals surface area contributed by atoms with E-state index < -0.39 is 0 Å². The molecule has 0 aliphatic carbocycles. The van der Waals surface area contributed by atoms with Crippen LogP contribution in [0.15, 0.2) is 42.7 Å². The van der Waals surface area contributed by atoms with Gasteiger partial charge in [0.15, 0.2) is 0 Å². The number of aromatic nitrogens is 1. The molecule has 1 heterocycles. The number of hydrogen-bond acceptors (Lipinski definition) is 1. The maximum atomic E-state index is 6.05. The molecule has 2 nitrogen and oxygen atoms in total. The summed E-state index contributed by atoms with van der Waals surface area (Å²) in [4.78, 5) is 0. The Morgan fingerprint density at radius 1 is 1.21 bits per heavy atom. The van der Waals surface area contributed by atoms with Crippen LogP contribution in [0.1, 0.15) is 5.56 Å². The molecule has 72 valence electrons. The van der Waals surface area contributed by atoms with Crippen molar-refractivity contribution in [3.8, 4) is 5.69 Å². The van der Waals surface area contributed by atoms with Gasteiger partial charge < -0.3 is 10.3 Å². The first-order valence-electron chi connectivity index (χ1n) is 4.43. The molecule has 0 saturated carbocycles. The van der Waals surface area contributed by atoms with Gasteiger partial charge in [0.05, 0.1) is 0 Å². The molecule has 14 heavy (non-hydrogen) atoms. The highest BCUT2D eigenvalue weighted by Gasteiger charge is 2.00. The van der Waals surface area contributed by atoms with Crippen molar-refractivity contribution in [1.29, 1.82) is 0 Å². The fourth-order valence-electron chi connectivity index (χ4n) is 1.37. The Morgan fingerprint density at radius 2 is 1.93 bits per heavy atom. The molecule has 2 rings (SSSR count). The van der Waals surface area contributed by atoms with E-state index in [0.717, 1.165) is 16.3 Å². The van der Waals surface area contributed by atoms with E-state index in [0.29, 0.717) is 6.54 Å². The number of halogens is 1. The summed E-state index contributed by atoms with van der Waals surface area (Å²) >= 11 is 6.05. The van der Waals surface area contributed by atoms with Crippen molar-refractivity contribution in [3.05, 3.63) is 53.3 Å². The summed E-state index contributed by atoms with van der Waals surface area (Å²) in [6, 6.07) is 9.84. The highest BCUT2D eigenvalue weighted by Crippen LogP contribution is 2.19. The summed E-state index contributed by atoms with van der Waals surface area (Å²) in [5.74, 6) is 0. The molecule has 3 heteroatoms. The lowest BCUT2D eigenvalue weighted by molar-refractivity contribution is 1.05. The lowest BCUT2D eigenvalue weighted by Crippen LogP contribution is -1.98. The zero-order chi connectivity index (χ0) is 9.97. The molecule has 0 atom stereocenters.